The molecule has 1 amide bonds. The molecule has 6 heteroatoms. The van der Waals surface area contributed by atoms with E-state index in [1.54, 1.807) is 21.3 Å². The number of amides is 1. The van der Waals surface area contributed by atoms with E-state index in [-0.39, 0.29) is 11.9 Å². The van der Waals surface area contributed by atoms with Crippen LogP contribution in [0.1, 0.15) is 30.0 Å². The van der Waals surface area contributed by atoms with E-state index < -0.39 is 0 Å². The number of carbonyl (C=O) groups excluding carboxylic acids is 1. The van der Waals surface area contributed by atoms with Crippen LogP contribution in [0.2, 0.25) is 0 Å². The van der Waals surface area contributed by atoms with E-state index in [0.29, 0.717) is 24.6 Å². The third-order valence-electron chi connectivity index (χ3n) is 5.37. The van der Waals surface area contributed by atoms with Crippen LogP contribution in [0.15, 0.2) is 42.5 Å². The SMILES string of the molecule is COc1cccc(C2CCCN2CC(=O)NCCc2ccc(OC)c(OC)c2)c1. The summed E-state index contributed by atoms with van der Waals surface area (Å²) >= 11 is 0. The fourth-order valence-electron chi connectivity index (χ4n) is 3.86. The number of nitrogens with zero attached hydrogens (tertiary/aromatic N) is 1. The van der Waals surface area contributed by atoms with Gasteiger partial charge in [-0.1, -0.05) is 18.2 Å². The Labute approximate surface area is 172 Å². The van der Waals surface area contributed by atoms with Gasteiger partial charge in [-0.25, -0.2) is 0 Å². The summed E-state index contributed by atoms with van der Waals surface area (Å²) in [5.41, 5.74) is 2.30. The van der Waals surface area contributed by atoms with Crippen LogP contribution in [0.4, 0.5) is 0 Å². The van der Waals surface area contributed by atoms with E-state index >= 15 is 0 Å². The highest BCUT2D eigenvalue weighted by molar-refractivity contribution is 5.78. The number of ether oxygens (including phenoxy) is 3. The molecule has 1 N–H and O–H groups in total. The lowest BCUT2D eigenvalue weighted by atomic mass is 10.0. The first-order valence-electron chi connectivity index (χ1n) is 10.00. The molecular formula is C23H30N2O4. The molecule has 0 spiro atoms. The summed E-state index contributed by atoms with van der Waals surface area (Å²) in [7, 11) is 4.92. The van der Waals surface area contributed by atoms with E-state index in [1.807, 2.05) is 30.3 Å². The zero-order valence-electron chi connectivity index (χ0n) is 17.4. The van der Waals surface area contributed by atoms with Gasteiger partial charge in [0, 0.05) is 12.6 Å². The summed E-state index contributed by atoms with van der Waals surface area (Å²) in [6.07, 6.45) is 2.90. The van der Waals surface area contributed by atoms with Crippen LogP contribution < -0.4 is 19.5 Å². The van der Waals surface area contributed by atoms with Gasteiger partial charge < -0.3 is 19.5 Å². The minimum atomic E-state index is 0.0558. The molecule has 1 heterocycles. The van der Waals surface area contributed by atoms with Crippen molar-refractivity contribution in [2.24, 2.45) is 0 Å². The lowest BCUT2D eigenvalue weighted by Crippen LogP contribution is -2.37. The number of hydrogen-bond donors (Lipinski definition) is 1. The second-order valence-corrected chi connectivity index (χ2v) is 7.19. The average Bonchev–Trinajstić information content (AvgIpc) is 3.21. The number of benzene rings is 2. The number of hydrogen-bond acceptors (Lipinski definition) is 5. The maximum atomic E-state index is 12.5. The van der Waals surface area contributed by atoms with Gasteiger partial charge in [0.25, 0.3) is 0 Å². The highest BCUT2D eigenvalue weighted by Gasteiger charge is 2.27. The third kappa shape index (κ3) is 5.41. The molecule has 1 atom stereocenters. The molecule has 0 aliphatic carbocycles. The molecule has 156 valence electrons. The topological polar surface area (TPSA) is 60.0 Å². The Morgan fingerprint density at radius 1 is 1.07 bits per heavy atom. The molecule has 1 aliphatic heterocycles. The van der Waals surface area contributed by atoms with Gasteiger partial charge in [-0.05, 0) is 61.2 Å². The zero-order valence-corrected chi connectivity index (χ0v) is 17.4. The van der Waals surface area contributed by atoms with Gasteiger partial charge in [-0.3, -0.25) is 9.69 Å². The first kappa shape index (κ1) is 21.0. The van der Waals surface area contributed by atoms with E-state index in [4.69, 9.17) is 14.2 Å². The van der Waals surface area contributed by atoms with E-state index in [9.17, 15) is 4.79 Å². The largest absolute Gasteiger partial charge is 0.497 e. The van der Waals surface area contributed by atoms with Crippen LogP contribution in [0.25, 0.3) is 0 Å². The molecule has 6 nitrogen and oxygen atoms in total. The van der Waals surface area contributed by atoms with Crippen molar-refractivity contribution in [2.75, 3.05) is 41.0 Å². The fraction of sp³-hybridized carbons (Fsp3) is 0.435. The molecule has 0 aromatic heterocycles. The van der Waals surface area contributed by atoms with Crippen LogP contribution >= 0.6 is 0 Å². The van der Waals surface area contributed by atoms with Crippen molar-refractivity contribution in [1.82, 2.24) is 10.2 Å². The molecule has 0 saturated carbocycles. The first-order valence-corrected chi connectivity index (χ1v) is 10.00. The van der Waals surface area contributed by atoms with E-state index in [0.717, 1.165) is 37.1 Å². The van der Waals surface area contributed by atoms with E-state index in [2.05, 4.69) is 22.3 Å². The summed E-state index contributed by atoms with van der Waals surface area (Å²) < 4.78 is 15.9. The molecule has 1 fully saturated rings. The van der Waals surface area contributed by atoms with Gasteiger partial charge in [0.1, 0.15) is 5.75 Å². The van der Waals surface area contributed by atoms with Crippen molar-refractivity contribution in [2.45, 2.75) is 25.3 Å². The summed E-state index contributed by atoms with van der Waals surface area (Å²) in [4.78, 5) is 14.7. The highest BCUT2D eigenvalue weighted by atomic mass is 16.5. The van der Waals surface area contributed by atoms with Crippen LogP contribution in [0.5, 0.6) is 17.2 Å². The zero-order chi connectivity index (χ0) is 20.6. The Balaban J connectivity index is 1.51. The average molecular weight is 399 g/mol. The molecule has 2 aromatic carbocycles. The lowest BCUT2D eigenvalue weighted by Gasteiger charge is -2.24. The summed E-state index contributed by atoms with van der Waals surface area (Å²) in [5, 5.41) is 3.04. The maximum absolute atomic E-state index is 12.5. The smallest absolute Gasteiger partial charge is 0.234 e. The maximum Gasteiger partial charge on any atom is 0.234 e. The predicted octanol–water partition coefficient (Wildman–Crippen LogP) is 3.21. The molecule has 29 heavy (non-hydrogen) atoms. The van der Waals surface area contributed by atoms with Crippen LogP contribution in [0, 0.1) is 0 Å². The van der Waals surface area contributed by atoms with Gasteiger partial charge in [0.05, 0.1) is 27.9 Å². The molecule has 0 radical (unpaired) electrons. The minimum Gasteiger partial charge on any atom is -0.497 e. The number of methoxy groups -OCH3 is 3. The Bertz CT molecular complexity index is 824. The van der Waals surface area contributed by atoms with Crippen molar-refractivity contribution >= 4 is 5.91 Å². The van der Waals surface area contributed by atoms with Crippen LogP contribution in [0.3, 0.4) is 0 Å². The summed E-state index contributed by atoms with van der Waals surface area (Å²) in [6.45, 7) is 1.94. The number of likely N-dealkylation sites (tertiary alicyclic amines) is 1. The molecule has 0 bridgehead atoms. The Kier molecular flexibility index (Phi) is 7.36. The predicted molar refractivity (Wildman–Crippen MR) is 113 cm³/mol. The van der Waals surface area contributed by atoms with Gasteiger partial charge in [-0.15, -0.1) is 0 Å². The monoisotopic (exact) mass is 398 g/mol. The number of carbonyl (C=O) groups is 1. The van der Waals surface area contributed by atoms with Crippen molar-refractivity contribution in [3.05, 3.63) is 53.6 Å². The van der Waals surface area contributed by atoms with Gasteiger partial charge >= 0.3 is 0 Å². The first-order chi connectivity index (χ1) is 14.1. The Morgan fingerprint density at radius 2 is 1.90 bits per heavy atom. The van der Waals surface area contributed by atoms with Crippen LogP contribution in [-0.4, -0.2) is 51.8 Å². The quantitative estimate of drug-likeness (QED) is 0.703. The molecular weight excluding hydrogens is 368 g/mol. The normalized spacial score (nSPS) is 16.4. The second-order valence-electron chi connectivity index (χ2n) is 7.19. The molecule has 1 aliphatic rings. The Morgan fingerprint density at radius 3 is 2.66 bits per heavy atom. The van der Waals surface area contributed by atoms with E-state index in [1.165, 1.54) is 5.56 Å². The standard InChI is InChI=1S/C23H30N2O4/c1-27-19-7-4-6-18(15-19)20-8-5-13-25(20)16-23(26)24-12-11-17-9-10-21(28-2)22(14-17)29-3/h4,6-7,9-10,14-15,20H,5,8,11-13,16H2,1-3H3,(H,24,26). The van der Waals surface area contributed by atoms with Crippen molar-refractivity contribution in [1.29, 1.82) is 0 Å². The fourth-order valence-corrected chi connectivity index (χ4v) is 3.86. The molecule has 2 aromatic rings. The lowest BCUT2D eigenvalue weighted by molar-refractivity contribution is -0.122. The number of nitrogens with one attached hydrogen (secondary N) is 1. The highest BCUT2D eigenvalue weighted by Crippen LogP contribution is 2.33. The molecule has 1 unspecified atom stereocenters. The summed E-state index contributed by atoms with van der Waals surface area (Å²) in [6, 6.07) is 14.2. The number of rotatable bonds is 9. The summed E-state index contributed by atoms with van der Waals surface area (Å²) in [5.74, 6) is 2.32. The molecule has 1 saturated heterocycles. The second kappa shape index (κ2) is 10.2. The minimum absolute atomic E-state index is 0.0558. The third-order valence-corrected chi connectivity index (χ3v) is 5.37. The van der Waals surface area contributed by atoms with Crippen molar-refractivity contribution in [3.8, 4) is 17.2 Å². The van der Waals surface area contributed by atoms with Crippen LogP contribution in [-0.2, 0) is 11.2 Å². The molecule has 3 rings (SSSR count). The van der Waals surface area contributed by atoms with Crippen molar-refractivity contribution in [3.63, 3.8) is 0 Å². The van der Waals surface area contributed by atoms with Gasteiger partial charge in [0.15, 0.2) is 11.5 Å². The Hall–Kier alpha value is -2.73. The van der Waals surface area contributed by atoms with Gasteiger partial charge in [0.2, 0.25) is 5.91 Å². The van der Waals surface area contributed by atoms with Gasteiger partial charge in [-0.2, -0.15) is 0 Å². The van der Waals surface area contributed by atoms with Crippen molar-refractivity contribution < 1.29 is 19.0 Å².